The van der Waals surface area contributed by atoms with Gasteiger partial charge in [-0.1, -0.05) is 244 Å². The van der Waals surface area contributed by atoms with Gasteiger partial charge in [-0.15, -0.1) is 0 Å². The summed E-state index contributed by atoms with van der Waals surface area (Å²) in [5.41, 5.74) is 0. The third kappa shape index (κ3) is 41.1. The zero-order valence-corrected chi connectivity index (χ0v) is 37.3. The summed E-state index contributed by atoms with van der Waals surface area (Å²) < 4.78 is 0. The molecule has 1 amide bonds. The first-order valence-corrected chi connectivity index (χ1v) is 25.0. The van der Waals surface area contributed by atoms with E-state index in [-0.39, 0.29) is 12.5 Å². The molecular formula is C50H99NO4. The SMILES string of the molecule is CCCCCCCCCCCCCCCCCCC/C=C/CCCC(O)C(O)C(CO)NC(=O)CCCCCCCCCCCCCCCCCCCCC. The predicted octanol–water partition coefficient (Wildman–Crippen LogP) is 14.8. The van der Waals surface area contributed by atoms with E-state index in [4.69, 9.17) is 0 Å². The van der Waals surface area contributed by atoms with Crippen LogP contribution in [0.1, 0.15) is 277 Å². The molecule has 0 fully saturated rings. The fourth-order valence-electron chi connectivity index (χ4n) is 7.99. The molecule has 5 nitrogen and oxygen atoms in total. The van der Waals surface area contributed by atoms with Gasteiger partial charge >= 0.3 is 0 Å². The average Bonchev–Trinajstić information content (AvgIpc) is 3.19. The molecule has 0 aromatic rings. The minimum Gasteiger partial charge on any atom is -0.394 e. The molecule has 328 valence electrons. The maximum atomic E-state index is 12.5. The molecule has 0 aromatic carbocycles. The fourth-order valence-corrected chi connectivity index (χ4v) is 7.99. The second-order valence-electron chi connectivity index (χ2n) is 17.4. The summed E-state index contributed by atoms with van der Waals surface area (Å²) >= 11 is 0. The second kappa shape index (κ2) is 45.8. The molecule has 55 heavy (non-hydrogen) atoms. The van der Waals surface area contributed by atoms with Crippen LogP contribution in [0.4, 0.5) is 0 Å². The summed E-state index contributed by atoms with van der Waals surface area (Å²) in [7, 11) is 0. The zero-order chi connectivity index (χ0) is 40.1. The van der Waals surface area contributed by atoms with Crippen LogP contribution in [0.3, 0.4) is 0 Å². The zero-order valence-electron chi connectivity index (χ0n) is 37.3. The van der Waals surface area contributed by atoms with Crippen molar-refractivity contribution in [1.29, 1.82) is 0 Å². The molecule has 0 aliphatic carbocycles. The Labute approximate surface area is 344 Å². The van der Waals surface area contributed by atoms with E-state index in [0.717, 1.165) is 38.5 Å². The molecule has 0 spiro atoms. The van der Waals surface area contributed by atoms with Gasteiger partial charge in [0.1, 0.15) is 6.10 Å². The van der Waals surface area contributed by atoms with Gasteiger partial charge in [0, 0.05) is 6.42 Å². The number of rotatable bonds is 46. The van der Waals surface area contributed by atoms with Gasteiger partial charge in [-0.2, -0.15) is 0 Å². The number of aliphatic hydroxyl groups excluding tert-OH is 3. The Hall–Kier alpha value is -0.910. The number of nitrogens with one attached hydrogen (secondary N) is 1. The first-order valence-electron chi connectivity index (χ1n) is 25.0. The van der Waals surface area contributed by atoms with E-state index >= 15 is 0 Å². The molecule has 0 aliphatic rings. The van der Waals surface area contributed by atoms with Gasteiger partial charge in [0.2, 0.25) is 5.91 Å². The first-order chi connectivity index (χ1) is 27.1. The number of carbonyl (C=O) groups excluding carboxylic acids is 1. The van der Waals surface area contributed by atoms with Crippen LogP contribution in [0.15, 0.2) is 12.2 Å². The van der Waals surface area contributed by atoms with Crippen LogP contribution in [0.5, 0.6) is 0 Å². The van der Waals surface area contributed by atoms with E-state index < -0.39 is 18.2 Å². The normalized spacial score (nSPS) is 13.5. The summed E-state index contributed by atoms with van der Waals surface area (Å²) in [6.07, 6.45) is 54.8. The monoisotopic (exact) mass is 778 g/mol. The molecule has 5 heteroatoms. The van der Waals surface area contributed by atoms with Crippen LogP contribution < -0.4 is 5.32 Å². The molecule has 0 bridgehead atoms. The van der Waals surface area contributed by atoms with Gasteiger partial charge in [-0.25, -0.2) is 0 Å². The van der Waals surface area contributed by atoms with Crippen molar-refractivity contribution < 1.29 is 20.1 Å². The highest BCUT2D eigenvalue weighted by Gasteiger charge is 2.26. The van der Waals surface area contributed by atoms with Crippen molar-refractivity contribution in [2.45, 2.75) is 295 Å². The lowest BCUT2D eigenvalue weighted by molar-refractivity contribution is -0.124. The fraction of sp³-hybridized carbons (Fsp3) is 0.940. The molecule has 0 saturated carbocycles. The molecule has 0 aromatic heterocycles. The van der Waals surface area contributed by atoms with Crippen molar-refractivity contribution in [3.8, 4) is 0 Å². The molecular weight excluding hydrogens is 679 g/mol. The Kier molecular flexibility index (Phi) is 45.0. The van der Waals surface area contributed by atoms with E-state index in [2.05, 4.69) is 31.3 Å². The van der Waals surface area contributed by atoms with Crippen LogP contribution in [0.2, 0.25) is 0 Å². The summed E-state index contributed by atoms with van der Waals surface area (Å²) in [5.74, 6) is -0.149. The number of hydrogen-bond donors (Lipinski definition) is 4. The van der Waals surface area contributed by atoms with E-state index in [0.29, 0.717) is 12.8 Å². The summed E-state index contributed by atoms with van der Waals surface area (Å²) in [4.78, 5) is 12.5. The van der Waals surface area contributed by atoms with Crippen LogP contribution >= 0.6 is 0 Å². The van der Waals surface area contributed by atoms with Gasteiger partial charge in [-0.3, -0.25) is 4.79 Å². The Balaban J connectivity index is 3.59. The highest BCUT2D eigenvalue weighted by molar-refractivity contribution is 5.76. The third-order valence-corrected chi connectivity index (χ3v) is 11.9. The summed E-state index contributed by atoms with van der Waals surface area (Å²) in [6, 6.07) is -0.821. The maximum absolute atomic E-state index is 12.5. The van der Waals surface area contributed by atoms with E-state index in [1.54, 1.807) is 0 Å². The number of allylic oxidation sites excluding steroid dienone is 2. The molecule has 0 aliphatic heterocycles. The minimum atomic E-state index is -1.15. The highest BCUT2D eigenvalue weighted by atomic mass is 16.3. The standard InChI is InChI=1S/C50H99NO4/c1-3-5-7-9-11-13-15-17-19-21-23-24-25-27-28-30-32-34-36-38-40-42-44-48(53)50(55)47(46-52)51-49(54)45-43-41-39-37-35-33-31-29-26-22-20-18-16-14-12-10-8-6-4-2/h36,38,47-48,50,52-53,55H,3-35,37,39-46H2,1-2H3,(H,51,54)/b38-36+. The highest BCUT2D eigenvalue weighted by Crippen LogP contribution is 2.17. The molecule has 0 saturated heterocycles. The van der Waals surface area contributed by atoms with Crippen LogP contribution in [0, 0.1) is 0 Å². The van der Waals surface area contributed by atoms with Gasteiger partial charge in [-0.05, 0) is 38.5 Å². The molecule has 3 unspecified atom stereocenters. The minimum absolute atomic E-state index is 0.149. The quantitative estimate of drug-likeness (QED) is 0.0366. The van der Waals surface area contributed by atoms with Crippen molar-refractivity contribution in [3.05, 3.63) is 12.2 Å². The van der Waals surface area contributed by atoms with Crippen molar-refractivity contribution in [2.75, 3.05) is 6.61 Å². The first kappa shape index (κ1) is 54.1. The summed E-state index contributed by atoms with van der Waals surface area (Å²) in [5, 5.41) is 33.6. The average molecular weight is 778 g/mol. The van der Waals surface area contributed by atoms with E-state index in [1.165, 1.54) is 212 Å². The molecule has 3 atom stereocenters. The molecule has 0 rings (SSSR count). The van der Waals surface area contributed by atoms with Gasteiger partial charge in [0.05, 0.1) is 18.8 Å². The van der Waals surface area contributed by atoms with Crippen molar-refractivity contribution in [3.63, 3.8) is 0 Å². The Morgan fingerprint density at radius 2 is 0.727 bits per heavy atom. The van der Waals surface area contributed by atoms with Crippen LogP contribution in [0.25, 0.3) is 0 Å². The Morgan fingerprint density at radius 1 is 0.436 bits per heavy atom. The van der Waals surface area contributed by atoms with Crippen molar-refractivity contribution in [1.82, 2.24) is 5.32 Å². The number of hydrogen-bond acceptors (Lipinski definition) is 4. The Morgan fingerprint density at radius 3 is 1.05 bits per heavy atom. The number of aliphatic hydroxyl groups is 3. The van der Waals surface area contributed by atoms with Crippen LogP contribution in [-0.2, 0) is 4.79 Å². The number of carbonyl (C=O) groups is 1. The lowest BCUT2D eigenvalue weighted by Gasteiger charge is -2.26. The largest absolute Gasteiger partial charge is 0.394 e. The van der Waals surface area contributed by atoms with Crippen molar-refractivity contribution in [2.24, 2.45) is 0 Å². The third-order valence-electron chi connectivity index (χ3n) is 11.9. The second-order valence-corrected chi connectivity index (χ2v) is 17.4. The molecule has 4 N–H and O–H groups in total. The van der Waals surface area contributed by atoms with E-state index in [1.807, 2.05) is 0 Å². The lowest BCUT2D eigenvalue weighted by Crippen LogP contribution is -2.50. The Bertz CT molecular complexity index is 773. The van der Waals surface area contributed by atoms with E-state index in [9.17, 15) is 20.1 Å². The summed E-state index contributed by atoms with van der Waals surface area (Å²) in [6.45, 7) is 4.20. The number of amides is 1. The molecule has 0 heterocycles. The van der Waals surface area contributed by atoms with Gasteiger partial charge < -0.3 is 20.6 Å². The van der Waals surface area contributed by atoms with Gasteiger partial charge in [0.25, 0.3) is 0 Å². The lowest BCUT2D eigenvalue weighted by atomic mass is 10.0. The van der Waals surface area contributed by atoms with Crippen molar-refractivity contribution >= 4 is 5.91 Å². The molecule has 0 radical (unpaired) electrons. The maximum Gasteiger partial charge on any atom is 0.220 e. The van der Waals surface area contributed by atoms with Gasteiger partial charge in [0.15, 0.2) is 0 Å². The van der Waals surface area contributed by atoms with Crippen LogP contribution in [-0.4, -0.2) is 46.1 Å². The number of unbranched alkanes of at least 4 members (excludes halogenated alkanes) is 36. The smallest absolute Gasteiger partial charge is 0.220 e. The topological polar surface area (TPSA) is 89.8 Å². The predicted molar refractivity (Wildman–Crippen MR) is 241 cm³/mol.